The van der Waals surface area contributed by atoms with Crippen LogP contribution in [0.3, 0.4) is 0 Å². The summed E-state index contributed by atoms with van der Waals surface area (Å²) in [4.78, 5) is 53.4. The fourth-order valence-corrected chi connectivity index (χ4v) is 9.19. The predicted octanol–water partition coefficient (Wildman–Crippen LogP) is 8.22. The zero-order chi connectivity index (χ0) is 54.1. The van der Waals surface area contributed by atoms with Crippen molar-refractivity contribution in [3.63, 3.8) is 0 Å². The number of fused-ring (bicyclic) bond motifs is 8. The third-order valence-corrected chi connectivity index (χ3v) is 12.9. The standard InChI is InChI=1S/C27H30N6O2.C22H17N5O3.C5H13N.2O2S/c1-3-4-10-32(2)17-18-15-21-23-24(35-27(21)29-16-18)26(33-11-13-34-14-12-33)31-25(30-23)20-6-5-7-22-19(20)8-9-28-22;28-12-13-10-16-18-19(30-22(16)24-11-13)21(27-6-8-29-9-7-27)26-20(25-18)15-2-1-3-17-14(15)4-5-23-17;1-3-4-5-6-2;2*1-3-2/h5-9,15-16,28H,3-4,10-14,17H2,1-2H3;1-5,10-12,23H,6-9H2;6H,3-5H2,1-2H3;;. The summed E-state index contributed by atoms with van der Waals surface area (Å²) in [6.07, 6.45) is 13.0. The molecule has 0 saturated carbocycles. The van der Waals surface area contributed by atoms with E-state index in [4.69, 9.17) is 55.1 Å². The lowest BCUT2D eigenvalue weighted by atomic mass is 10.1. The number of hydrogen-bond donors (Lipinski definition) is 3. The lowest BCUT2D eigenvalue weighted by molar-refractivity contribution is 0.112. The first-order chi connectivity index (χ1) is 37.8. The number of ether oxygens (including phenoxy) is 2. The van der Waals surface area contributed by atoms with Crippen LogP contribution in [0.2, 0.25) is 0 Å². The molecule has 10 heterocycles. The minimum absolute atomic E-state index is 0.441. The van der Waals surface area contributed by atoms with Gasteiger partial charge in [0.25, 0.3) is 0 Å². The van der Waals surface area contributed by atoms with E-state index in [1.165, 1.54) is 31.9 Å². The summed E-state index contributed by atoms with van der Waals surface area (Å²) in [5, 5.41) is 6.85. The van der Waals surface area contributed by atoms with Gasteiger partial charge in [-0.15, -0.1) is 0 Å². The van der Waals surface area contributed by atoms with Crippen LogP contribution >= 0.6 is 0 Å². The molecular weight excluding hydrogens is 1020 g/mol. The van der Waals surface area contributed by atoms with Gasteiger partial charge in [-0.05, 0) is 82.0 Å². The highest BCUT2D eigenvalue weighted by molar-refractivity contribution is 7.52. The monoisotopic (exact) mass is 1080 g/mol. The van der Waals surface area contributed by atoms with E-state index >= 15 is 0 Å². The van der Waals surface area contributed by atoms with Gasteiger partial charge in [0.05, 0.1) is 37.2 Å². The van der Waals surface area contributed by atoms with Crippen molar-refractivity contribution < 1.29 is 39.9 Å². The van der Waals surface area contributed by atoms with Gasteiger partial charge in [-0.25, -0.2) is 29.9 Å². The molecule has 10 aromatic rings. The topological polar surface area (TPSA) is 261 Å². The van der Waals surface area contributed by atoms with Crippen molar-refractivity contribution in [3.8, 4) is 22.8 Å². The molecular formula is C54H60N12O9S2. The van der Waals surface area contributed by atoms with E-state index in [0.717, 1.165) is 100 Å². The highest BCUT2D eigenvalue weighted by atomic mass is 32.1. The Morgan fingerprint density at radius 2 is 1.16 bits per heavy atom. The number of carbonyl (C=O) groups is 1. The average molecular weight is 1090 g/mol. The number of aromatic amines is 2. The number of rotatable bonds is 13. The van der Waals surface area contributed by atoms with Crippen molar-refractivity contribution in [1.29, 1.82) is 0 Å². The fraction of sp³-hybridized carbons (Fsp3) is 0.352. The molecule has 2 fully saturated rings. The van der Waals surface area contributed by atoms with Crippen LogP contribution in [0, 0.1) is 0 Å². The van der Waals surface area contributed by atoms with Crippen molar-refractivity contribution in [3.05, 3.63) is 96.6 Å². The lowest BCUT2D eigenvalue weighted by Crippen LogP contribution is -2.37. The maximum atomic E-state index is 11.3. The molecule has 23 heteroatoms. The van der Waals surface area contributed by atoms with E-state index in [1.54, 1.807) is 6.07 Å². The molecule has 8 aromatic heterocycles. The smallest absolute Gasteiger partial charge is 0.335 e. The van der Waals surface area contributed by atoms with E-state index in [9.17, 15) is 4.79 Å². The van der Waals surface area contributed by atoms with Gasteiger partial charge in [-0.1, -0.05) is 51.0 Å². The van der Waals surface area contributed by atoms with Crippen LogP contribution < -0.4 is 15.1 Å². The van der Waals surface area contributed by atoms with Gasteiger partial charge < -0.3 is 48.3 Å². The zero-order valence-corrected chi connectivity index (χ0v) is 44.9. The van der Waals surface area contributed by atoms with Gasteiger partial charge in [-0.3, -0.25) is 4.79 Å². The first kappa shape index (κ1) is 55.6. The maximum absolute atomic E-state index is 11.3. The second-order valence-electron chi connectivity index (χ2n) is 18.1. The van der Waals surface area contributed by atoms with E-state index in [-0.39, 0.29) is 0 Å². The number of carbonyl (C=O) groups excluding carboxylic acids is 1. The van der Waals surface area contributed by atoms with Crippen LogP contribution in [0.25, 0.3) is 89.0 Å². The summed E-state index contributed by atoms with van der Waals surface area (Å²) in [6.45, 7) is 13.0. The molecule has 21 nitrogen and oxygen atoms in total. The summed E-state index contributed by atoms with van der Waals surface area (Å²) >= 11 is -1.50. The second-order valence-corrected chi connectivity index (χ2v) is 18.4. The number of morpholine rings is 2. The van der Waals surface area contributed by atoms with Gasteiger partial charge in [0.15, 0.2) is 40.7 Å². The van der Waals surface area contributed by atoms with Crippen molar-refractivity contribution in [2.24, 2.45) is 0 Å². The van der Waals surface area contributed by atoms with Crippen molar-refractivity contribution in [2.75, 3.05) is 89.6 Å². The Kier molecular flexibility index (Phi) is 19.8. The number of hydrogen-bond acceptors (Lipinski definition) is 19. The molecule has 2 saturated heterocycles. The predicted molar refractivity (Wildman–Crippen MR) is 298 cm³/mol. The Hall–Kier alpha value is -7.67. The number of unbranched alkanes of at least 4 members (excludes halogenated alkanes) is 2. The van der Waals surface area contributed by atoms with E-state index in [2.05, 4.69) is 85.1 Å². The summed E-state index contributed by atoms with van der Waals surface area (Å²) in [5.74, 6) is 2.82. The number of H-pyrrole nitrogens is 2. The summed E-state index contributed by atoms with van der Waals surface area (Å²) in [7, 11) is 4.14. The Balaban J connectivity index is 0.000000170. The number of pyridine rings is 2. The van der Waals surface area contributed by atoms with Crippen molar-refractivity contribution >= 4 is 107 Å². The van der Waals surface area contributed by atoms with E-state index < -0.39 is 23.1 Å². The SMILES string of the molecule is CCCCN(C)Cc1cnc2oc3c(N4CCOCC4)nc(-c4cccc5[nH]ccc45)nc3c2c1.CCCCNC.O=Cc1cnc2oc3c(N4CCOCC4)nc(-c4cccc5[nH]ccc45)nc3c2c1.O=S=O.O=S=O. The number of aromatic nitrogens is 8. The summed E-state index contributed by atoms with van der Waals surface area (Å²) in [5.41, 5.74) is 9.41. The van der Waals surface area contributed by atoms with E-state index in [0.29, 0.717) is 90.2 Å². The first-order valence-corrected chi connectivity index (χ1v) is 26.7. The second kappa shape index (κ2) is 27.4. The Labute approximate surface area is 450 Å². The number of nitrogens with zero attached hydrogens (tertiary/aromatic N) is 9. The van der Waals surface area contributed by atoms with Crippen LogP contribution in [0.5, 0.6) is 0 Å². The Bertz CT molecular complexity index is 3630. The highest BCUT2D eigenvalue weighted by Gasteiger charge is 2.26. The largest absolute Gasteiger partial charge is 0.432 e. The maximum Gasteiger partial charge on any atom is 0.335 e. The minimum atomic E-state index is -0.750. The molecule has 2 aliphatic heterocycles. The molecule has 77 heavy (non-hydrogen) atoms. The normalized spacial score (nSPS) is 13.4. The summed E-state index contributed by atoms with van der Waals surface area (Å²) in [6, 6.07) is 20.2. The number of nitrogens with one attached hydrogen (secondary N) is 3. The molecule has 12 rings (SSSR count). The van der Waals surface area contributed by atoms with Crippen LogP contribution in [-0.4, -0.2) is 148 Å². The number of anilines is 2. The van der Waals surface area contributed by atoms with Crippen LogP contribution in [0.1, 0.15) is 55.5 Å². The van der Waals surface area contributed by atoms with Crippen molar-refractivity contribution in [1.82, 2.24) is 50.1 Å². The van der Waals surface area contributed by atoms with Gasteiger partial charge in [0.2, 0.25) is 11.4 Å². The number of furan rings is 2. The fourth-order valence-electron chi connectivity index (χ4n) is 9.19. The molecule has 0 amide bonds. The van der Waals surface area contributed by atoms with Gasteiger partial charge in [0.1, 0.15) is 11.0 Å². The highest BCUT2D eigenvalue weighted by Crippen LogP contribution is 2.38. The molecule has 3 N–H and O–H groups in total. The molecule has 0 spiro atoms. The molecule has 0 atom stereocenters. The summed E-state index contributed by atoms with van der Waals surface area (Å²) < 4.78 is 56.6. The molecule has 0 aliphatic carbocycles. The third kappa shape index (κ3) is 13.1. The van der Waals surface area contributed by atoms with Gasteiger partial charge in [-0.2, -0.15) is 16.8 Å². The van der Waals surface area contributed by atoms with E-state index in [1.807, 2.05) is 56.0 Å². The molecule has 2 aliphatic rings. The molecule has 0 unspecified atom stereocenters. The van der Waals surface area contributed by atoms with Crippen LogP contribution in [-0.2, 0) is 39.2 Å². The molecule has 2 aromatic carbocycles. The Morgan fingerprint density at radius 3 is 1.62 bits per heavy atom. The third-order valence-electron chi connectivity index (χ3n) is 12.9. The van der Waals surface area contributed by atoms with Gasteiger partial charge in [0, 0.05) is 96.0 Å². The molecule has 0 radical (unpaired) electrons. The number of aldehydes is 1. The Morgan fingerprint density at radius 1 is 0.662 bits per heavy atom. The number of benzene rings is 2. The van der Waals surface area contributed by atoms with Gasteiger partial charge >= 0.3 is 23.1 Å². The molecule has 0 bridgehead atoms. The van der Waals surface area contributed by atoms with Crippen LogP contribution in [0.15, 0.2) is 94.3 Å². The van der Waals surface area contributed by atoms with Crippen LogP contribution in [0.4, 0.5) is 11.6 Å². The molecule has 402 valence electrons. The average Bonchev–Trinajstić information content (AvgIpc) is 4.33. The first-order valence-electron chi connectivity index (χ1n) is 25.4. The quantitative estimate of drug-likeness (QED) is 0.0725. The van der Waals surface area contributed by atoms with Crippen molar-refractivity contribution in [2.45, 2.75) is 46.1 Å². The zero-order valence-electron chi connectivity index (χ0n) is 43.3. The lowest BCUT2D eigenvalue weighted by Gasteiger charge is -2.27. The minimum Gasteiger partial charge on any atom is -0.432 e.